The SMILES string of the molecule is C[C@@H]1N=C(C(C)(C)C)N2CC(N3CC(O)C3)CC2=C1C(C)(C)C. The summed E-state index contributed by atoms with van der Waals surface area (Å²) in [5, 5.41) is 9.65. The minimum Gasteiger partial charge on any atom is -0.390 e. The first-order valence-corrected chi connectivity index (χ1v) is 9.00. The molecule has 0 amide bonds. The molecule has 4 heteroatoms. The maximum atomic E-state index is 9.65. The Morgan fingerprint density at radius 3 is 2.09 bits per heavy atom. The number of hydrogen-bond donors (Lipinski definition) is 1. The van der Waals surface area contributed by atoms with Crippen molar-refractivity contribution in [2.24, 2.45) is 15.8 Å². The van der Waals surface area contributed by atoms with Crippen molar-refractivity contribution in [3.63, 3.8) is 0 Å². The zero-order valence-corrected chi connectivity index (χ0v) is 15.8. The number of rotatable bonds is 1. The standard InChI is InChI=1S/C19H33N3O/c1-12-16(18(2,3)4)15-8-13(21-10-14(23)11-21)9-22(15)17(20-12)19(5,6)7/h12-14,23H,8-11H2,1-7H3/t12-,13?/m0/s1. The molecule has 3 aliphatic heterocycles. The van der Waals surface area contributed by atoms with E-state index in [1.165, 1.54) is 17.1 Å². The van der Waals surface area contributed by atoms with E-state index in [4.69, 9.17) is 4.99 Å². The molecule has 3 rings (SSSR count). The Bertz CT molecular complexity index is 544. The van der Waals surface area contributed by atoms with Crippen molar-refractivity contribution in [3.05, 3.63) is 11.3 Å². The largest absolute Gasteiger partial charge is 0.390 e. The second-order valence-corrected chi connectivity index (χ2v) is 9.57. The van der Waals surface area contributed by atoms with Crippen molar-refractivity contribution in [1.29, 1.82) is 0 Å². The molecule has 1 N–H and O–H groups in total. The highest BCUT2D eigenvalue weighted by Gasteiger charge is 2.45. The molecule has 1 unspecified atom stereocenters. The molecular weight excluding hydrogens is 286 g/mol. The van der Waals surface area contributed by atoms with Gasteiger partial charge in [0.2, 0.25) is 0 Å². The van der Waals surface area contributed by atoms with E-state index in [0.717, 1.165) is 26.1 Å². The molecule has 23 heavy (non-hydrogen) atoms. The van der Waals surface area contributed by atoms with Gasteiger partial charge in [-0.05, 0) is 17.9 Å². The van der Waals surface area contributed by atoms with Crippen molar-refractivity contribution in [2.75, 3.05) is 19.6 Å². The number of likely N-dealkylation sites (tertiary alicyclic amines) is 1. The van der Waals surface area contributed by atoms with E-state index < -0.39 is 0 Å². The lowest BCUT2D eigenvalue weighted by molar-refractivity contribution is -0.0210. The van der Waals surface area contributed by atoms with Crippen LogP contribution < -0.4 is 0 Å². The molecule has 0 spiro atoms. The van der Waals surface area contributed by atoms with Gasteiger partial charge >= 0.3 is 0 Å². The summed E-state index contributed by atoms with van der Waals surface area (Å²) >= 11 is 0. The minimum atomic E-state index is -0.127. The van der Waals surface area contributed by atoms with Gasteiger partial charge in [0.1, 0.15) is 5.84 Å². The Morgan fingerprint density at radius 2 is 1.61 bits per heavy atom. The van der Waals surface area contributed by atoms with Crippen LogP contribution in [0.5, 0.6) is 0 Å². The van der Waals surface area contributed by atoms with Gasteiger partial charge in [-0.2, -0.15) is 0 Å². The van der Waals surface area contributed by atoms with Crippen LogP contribution >= 0.6 is 0 Å². The molecule has 0 saturated carbocycles. The Balaban J connectivity index is 1.97. The molecule has 2 atom stereocenters. The highest BCUT2D eigenvalue weighted by Crippen LogP contribution is 2.44. The molecule has 3 aliphatic rings. The average molecular weight is 319 g/mol. The van der Waals surface area contributed by atoms with E-state index in [1.54, 1.807) is 0 Å². The molecule has 0 aromatic carbocycles. The fraction of sp³-hybridized carbons (Fsp3) is 0.842. The molecule has 3 heterocycles. The van der Waals surface area contributed by atoms with Gasteiger partial charge in [0.15, 0.2) is 0 Å². The first-order chi connectivity index (χ1) is 10.5. The van der Waals surface area contributed by atoms with Crippen LogP contribution in [0.4, 0.5) is 0 Å². The number of fused-ring (bicyclic) bond motifs is 1. The molecule has 0 aromatic heterocycles. The van der Waals surface area contributed by atoms with Crippen LogP contribution in [0.15, 0.2) is 16.3 Å². The lowest BCUT2D eigenvalue weighted by Crippen LogP contribution is -2.56. The van der Waals surface area contributed by atoms with E-state index in [-0.39, 0.29) is 23.0 Å². The number of amidine groups is 1. The predicted octanol–water partition coefficient (Wildman–Crippen LogP) is 2.88. The quantitative estimate of drug-likeness (QED) is 0.808. The predicted molar refractivity (Wildman–Crippen MR) is 95.5 cm³/mol. The second kappa shape index (κ2) is 5.32. The zero-order chi connectivity index (χ0) is 17.2. The molecule has 4 nitrogen and oxygen atoms in total. The summed E-state index contributed by atoms with van der Waals surface area (Å²) in [6.07, 6.45) is 0.969. The molecule has 0 aliphatic carbocycles. The van der Waals surface area contributed by atoms with E-state index in [0.29, 0.717) is 6.04 Å². The molecule has 0 bridgehead atoms. The first-order valence-electron chi connectivity index (χ1n) is 9.00. The van der Waals surface area contributed by atoms with Gasteiger partial charge in [0.25, 0.3) is 0 Å². The maximum Gasteiger partial charge on any atom is 0.109 e. The number of β-amino-alcohol motifs (C(OH)–C–C–N with tert-alkyl or cyclic N) is 1. The van der Waals surface area contributed by atoms with Gasteiger partial charge in [-0.25, -0.2) is 0 Å². The van der Waals surface area contributed by atoms with Gasteiger partial charge in [0, 0.05) is 43.2 Å². The minimum absolute atomic E-state index is 0.0618. The second-order valence-electron chi connectivity index (χ2n) is 9.57. The smallest absolute Gasteiger partial charge is 0.109 e. The van der Waals surface area contributed by atoms with Gasteiger partial charge in [-0.15, -0.1) is 0 Å². The molecule has 130 valence electrons. The number of aliphatic imine (C=N–C) groups is 1. The highest BCUT2D eigenvalue weighted by molar-refractivity contribution is 5.90. The Hall–Kier alpha value is -0.870. The highest BCUT2D eigenvalue weighted by atomic mass is 16.3. The molecule has 2 fully saturated rings. The molecular formula is C19H33N3O. The summed E-state index contributed by atoms with van der Waals surface area (Å²) in [6.45, 7) is 18.6. The van der Waals surface area contributed by atoms with Crippen LogP contribution in [0, 0.1) is 10.8 Å². The van der Waals surface area contributed by atoms with E-state index >= 15 is 0 Å². The number of hydrogen-bond acceptors (Lipinski definition) is 4. The molecule has 2 saturated heterocycles. The van der Waals surface area contributed by atoms with Gasteiger partial charge in [-0.3, -0.25) is 9.89 Å². The van der Waals surface area contributed by atoms with Crippen molar-refractivity contribution in [3.8, 4) is 0 Å². The summed E-state index contributed by atoms with van der Waals surface area (Å²) in [6, 6.07) is 0.778. The van der Waals surface area contributed by atoms with Crippen LogP contribution in [-0.2, 0) is 0 Å². The third-order valence-electron chi connectivity index (χ3n) is 5.33. The Morgan fingerprint density at radius 1 is 1.00 bits per heavy atom. The fourth-order valence-electron chi connectivity index (χ4n) is 4.44. The van der Waals surface area contributed by atoms with Gasteiger partial charge < -0.3 is 10.0 Å². The summed E-state index contributed by atoms with van der Waals surface area (Å²) in [5.41, 5.74) is 3.20. The lowest BCUT2D eigenvalue weighted by Gasteiger charge is -2.42. The normalized spacial score (nSPS) is 30.4. The molecule has 0 aromatic rings. The van der Waals surface area contributed by atoms with Crippen molar-refractivity contribution < 1.29 is 5.11 Å². The van der Waals surface area contributed by atoms with Crippen molar-refractivity contribution >= 4 is 5.84 Å². The Labute approximate surface area is 141 Å². The van der Waals surface area contributed by atoms with Gasteiger partial charge in [0.05, 0.1) is 12.1 Å². The van der Waals surface area contributed by atoms with Crippen molar-refractivity contribution in [1.82, 2.24) is 9.80 Å². The van der Waals surface area contributed by atoms with Gasteiger partial charge in [-0.1, -0.05) is 41.5 Å². The third-order valence-corrected chi connectivity index (χ3v) is 5.33. The van der Waals surface area contributed by atoms with Crippen LogP contribution in [0.3, 0.4) is 0 Å². The number of nitrogens with zero attached hydrogens (tertiary/aromatic N) is 3. The summed E-state index contributed by atoms with van der Waals surface area (Å²) in [7, 11) is 0. The van der Waals surface area contributed by atoms with E-state index in [9.17, 15) is 5.11 Å². The number of aliphatic hydroxyl groups is 1. The summed E-state index contributed by atoms with van der Waals surface area (Å²) < 4.78 is 0. The monoisotopic (exact) mass is 319 g/mol. The van der Waals surface area contributed by atoms with Crippen LogP contribution in [0.2, 0.25) is 0 Å². The Kier molecular flexibility index (Phi) is 3.92. The fourth-order valence-corrected chi connectivity index (χ4v) is 4.44. The number of aliphatic hydroxyl groups excluding tert-OH is 1. The first kappa shape index (κ1) is 17.0. The van der Waals surface area contributed by atoms with Crippen molar-refractivity contribution in [2.45, 2.75) is 73.1 Å². The average Bonchev–Trinajstić information content (AvgIpc) is 2.74. The van der Waals surface area contributed by atoms with Crippen LogP contribution in [0.25, 0.3) is 0 Å². The third kappa shape index (κ3) is 2.96. The van der Waals surface area contributed by atoms with Crippen LogP contribution in [-0.4, -0.2) is 58.6 Å². The van der Waals surface area contributed by atoms with E-state index in [2.05, 4.69) is 58.3 Å². The van der Waals surface area contributed by atoms with Crippen LogP contribution in [0.1, 0.15) is 54.9 Å². The lowest BCUT2D eigenvalue weighted by atomic mass is 9.79. The topological polar surface area (TPSA) is 39.1 Å². The van der Waals surface area contributed by atoms with E-state index in [1.807, 2.05) is 0 Å². The zero-order valence-electron chi connectivity index (χ0n) is 15.8. The summed E-state index contributed by atoms with van der Waals surface area (Å²) in [5.74, 6) is 1.23. The molecule has 0 radical (unpaired) electrons. The maximum absolute atomic E-state index is 9.65. The summed E-state index contributed by atoms with van der Waals surface area (Å²) in [4.78, 5) is 10.0.